The first kappa shape index (κ1) is 24.9. The van der Waals surface area contributed by atoms with Gasteiger partial charge in [0.1, 0.15) is 5.82 Å². The molecule has 0 atom stereocenters. The van der Waals surface area contributed by atoms with Crippen molar-refractivity contribution in [1.29, 1.82) is 0 Å². The number of carbonyl (C=O) groups excluding carboxylic acids is 1. The lowest BCUT2D eigenvalue weighted by Crippen LogP contribution is -2.31. The Hall–Kier alpha value is -2.69. The van der Waals surface area contributed by atoms with Crippen LogP contribution in [0.25, 0.3) is 5.69 Å². The number of aromatic nitrogens is 3. The van der Waals surface area contributed by atoms with Crippen molar-refractivity contribution in [1.82, 2.24) is 19.1 Å². The van der Waals surface area contributed by atoms with Crippen LogP contribution >= 0.6 is 11.8 Å². The van der Waals surface area contributed by atoms with E-state index in [0.717, 1.165) is 17.1 Å². The SMILES string of the molecule is CCN(CC)S(=O)(=O)c1cc(NC(=O)CSc2nnc(C)n2-c2cccc(C)c2)ccc1C. The van der Waals surface area contributed by atoms with Crippen LogP contribution < -0.4 is 5.32 Å². The maximum atomic E-state index is 13.0. The molecule has 1 N–H and O–H groups in total. The van der Waals surface area contributed by atoms with Crippen LogP contribution in [0.5, 0.6) is 0 Å². The van der Waals surface area contributed by atoms with Crippen molar-refractivity contribution in [2.75, 3.05) is 24.2 Å². The first-order chi connectivity index (χ1) is 15.7. The topological polar surface area (TPSA) is 97.2 Å². The number of carbonyl (C=O) groups is 1. The van der Waals surface area contributed by atoms with Crippen LogP contribution in [0.4, 0.5) is 5.69 Å². The predicted octanol–water partition coefficient (Wildman–Crippen LogP) is 3.95. The van der Waals surface area contributed by atoms with Crippen LogP contribution in [-0.4, -0.2) is 52.2 Å². The summed E-state index contributed by atoms with van der Waals surface area (Å²) in [6.07, 6.45) is 0. The highest BCUT2D eigenvalue weighted by atomic mass is 32.2. The molecular weight excluding hydrogens is 458 g/mol. The molecule has 1 aromatic heterocycles. The summed E-state index contributed by atoms with van der Waals surface area (Å²) < 4.78 is 29.2. The van der Waals surface area contributed by atoms with Gasteiger partial charge < -0.3 is 5.32 Å². The van der Waals surface area contributed by atoms with Crippen molar-refractivity contribution >= 4 is 33.4 Å². The molecule has 1 amide bonds. The number of aryl methyl sites for hydroxylation is 3. The third-order valence-electron chi connectivity index (χ3n) is 5.18. The fourth-order valence-corrected chi connectivity index (χ4v) is 5.99. The van der Waals surface area contributed by atoms with Gasteiger partial charge in [-0.05, 0) is 56.2 Å². The third-order valence-corrected chi connectivity index (χ3v) is 8.30. The zero-order valence-corrected chi connectivity index (χ0v) is 21.1. The smallest absolute Gasteiger partial charge is 0.243 e. The van der Waals surface area contributed by atoms with Crippen molar-refractivity contribution in [3.8, 4) is 5.69 Å². The van der Waals surface area contributed by atoms with Gasteiger partial charge in [0.2, 0.25) is 15.9 Å². The molecule has 10 heteroatoms. The molecule has 0 aliphatic carbocycles. The second kappa shape index (κ2) is 10.5. The number of rotatable bonds is 9. The summed E-state index contributed by atoms with van der Waals surface area (Å²) in [6.45, 7) is 9.99. The van der Waals surface area contributed by atoms with Gasteiger partial charge in [-0.15, -0.1) is 10.2 Å². The summed E-state index contributed by atoms with van der Waals surface area (Å²) in [5, 5.41) is 11.8. The lowest BCUT2D eigenvalue weighted by molar-refractivity contribution is -0.113. The molecule has 0 saturated carbocycles. The van der Waals surface area contributed by atoms with E-state index in [1.54, 1.807) is 32.9 Å². The zero-order valence-electron chi connectivity index (χ0n) is 19.5. The van der Waals surface area contributed by atoms with Crippen LogP contribution in [0.2, 0.25) is 0 Å². The average Bonchev–Trinajstić information content (AvgIpc) is 3.14. The molecule has 0 aliphatic rings. The van der Waals surface area contributed by atoms with E-state index in [4.69, 9.17) is 0 Å². The van der Waals surface area contributed by atoms with E-state index in [1.807, 2.05) is 42.7 Å². The molecule has 0 saturated heterocycles. The second-order valence-corrected chi connectivity index (χ2v) is 10.5. The molecule has 3 aromatic rings. The first-order valence-electron chi connectivity index (χ1n) is 10.7. The summed E-state index contributed by atoms with van der Waals surface area (Å²) >= 11 is 1.27. The van der Waals surface area contributed by atoms with Gasteiger partial charge in [0.15, 0.2) is 5.16 Å². The Kier molecular flexibility index (Phi) is 7.93. The standard InChI is InChI=1S/C23H29N5O3S2/c1-6-27(7-2)33(30,31)21-14-19(12-11-17(21)4)24-22(29)15-32-23-26-25-18(5)28(23)20-10-8-9-16(3)13-20/h8-14H,6-7,15H2,1-5H3,(H,24,29). The summed E-state index contributed by atoms with van der Waals surface area (Å²) in [4.78, 5) is 12.8. The van der Waals surface area contributed by atoms with Crippen molar-refractivity contribution < 1.29 is 13.2 Å². The van der Waals surface area contributed by atoms with E-state index in [9.17, 15) is 13.2 Å². The average molecular weight is 488 g/mol. The number of nitrogens with one attached hydrogen (secondary N) is 1. The van der Waals surface area contributed by atoms with E-state index in [2.05, 4.69) is 15.5 Å². The second-order valence-electron chi connectivity index (χ2n) is 7.61. The monoisotopic (exact) mass is 487 g/mol. The van der Waals surface area contributed by atoms with E-state index in [0.29, 0.717) is 29.5 Å². The minimum absolute atomic E-state index is 0.107. The molecule has 1 heterocycles. The number of anilines is 1. The van der Waals surface area contributed by atoms with Crippen molar-refractivity contribution in [3.63, 3.8) is 0 Å². The highest BCUT2D eigenvalue weighted by molar-refractivity contribution is 7.99. The maximum Gasteiger partial charge on any atom is 0.243 e. The van der Waals surface area contributed by atoms with E-state index >= 15 is 0 Å². The Bertz CT molecular complexity index is 1250. The Labute approximate surface area is 199 Å². The number of nitrogens with zero attached hydrogens (tertiary/aromatic N) is 4. The predicted molar refractivity (Wildman–Crippen MR) is 131 cm³/mol. The largest absolute Gasteiger partial charge is 0.325 e. The molecule has 0 aliphatic heterocycles. The van der Waals surface area contributed by atoms with Gasteiger partial charge >= 0.3 is 0 Å². The van der Waals surface area contributed by atoms with Crippen LogP contribution in [-0.2, 0) is 14.8 Å². The molecule has 176 valence electrons. The molecule has 0 fully saturated rings. The van der Waals surface area contributed by atoms with E-state index < -0.39 is 10.0 Å². The number of sulfonamides is 1. The van der Waals surface area contributed by atoms with Gasteiger partial charge in [0, 0.05) is 24.5 Å². The van der Waals surface area contributed by atoms with E-state index in [1.165, 1.54) is 22.1 Å². The molecule has 8 nitrogen and oxygen atoms in total. The fraction of sp³-hybridized carbons (Fsp3) is 0.348. The maximum absolute atomic E-state index is 13.0. The quantitative estimate of drug-likeness (QED) is 0.459. The van der Waals surface area contributed by atoms with Crippen LogP contribution in [0, 0.1) is 20.8 Å². The summed E-state index contributed by atoms with van der Waals surface area (Å²) in [6, 6.07) is 12.9. The zero-order chi connectivity index (χ0) is 24.2. The number of hydrogen-bond donors (Lipinski definition) is 1. The molecule has 33 heavy (non-hydrogen) atoms. The Balaban J connectivity index is 1.74. The van der Waals surface area contributed by atoms with Crippen molar-refractivity contribution in [2.45, 2.75) is 44.7 Å². The summed E-state index contributed by atoms with van der Waals surface area (Å²) in [5.41, 5.74) is 3.12. The minimum Gasteiger partial charge on any atom is -0.325 e. The minimum atomic E-state index is -3.63. The van der Waals surface area contributed by atoms with Crippen LogP contribution in [0.15, 0.2) is 52.5 Å². The van der Waals surface area contributed by atoms with Gasteiger partial charge in [-0.2, -0.15) is 4.31 Å². The van der Waals surface area contributed by atoms with Crippen LogP contribution in [0.1, 0.15) is 30.8 Å². The van der Waals surface area contributed by atoms with Gasteiger partial charge in [-0.3, -0.25) is 9.36 Å². The van der Waals surface area contributed by atoms with Gasteiger partial charge in [0.25, 0.3) is 0 Å². The lowest BCUT2D eigenvalue weighted by Gasteiger charge is -2.20. The molecule has 0 bridgehead atoms. The molecule has 3 rings (SSSR count). The molecule has 2 aromatic carbocycles. The molecule has 0 unspecified atom stereocenters. The van der Waals surface area contributed by atoms with Gasteiger partial charge in [-0.25, -0.2) is 8.42 Å². The highest BCUT2D eigenvalue weighted by Crippen LogP contribution is 2.25. The first-order valence-corrected chi connectivity index (χ1v) is 13.1. The van der Waals surface area contributed by atoms with Crippen LogP contribution in [0.3, 0.4) is 0 Å². The van der Waals surface area contributed by atoms with Gasteiger partial charge in [0.05, 0.1) is 10.6 Å². The Morgan fingerprint density at radius 1 is 1.06 bits per heavy atom. The molecule has 0 radical (unpaired) electrons. The Morgan fingerprint density at radius 3 is 2.45 bits per heavy atom. The normalized spacial score (nSPS) is 11.7. The Morgan fingerprint density at radius 2 is 1.79 bits per heavy atom. The number of benzene rings is 2. The van der Waals surface area contributed by atoms with Gasteiger partial charge in [-0.1, -0.05) is 43.8 Å². The highest BCUT2D eigenvalue weighted by Gasteiger charge is 2.24. The molecule has 0 spiro atoms. The fourth-order valence-electron chi connectivity index (χ4n) is 3.49. The molecular formula is C23H29N5O3S2. The number of hydrogen-bond acceptors (Lipinski definition) is 6. The number of amides is 1. The summed E-state index contributed by atoms with van der Waals surface area (Å²) in [5.74, 6) is 0.579. The summed E-state index contributed by atoms with van der Waals surface area (Å²) in [7, 11) is -3.63. The van der Waals surface area contributed by atoms with Crippen molar-refractivity contribution in [2.24, 2.45) is 0 Å². The number of thioether (sulfide) groups is 1. The third kappa shape index (κ3) is 5.63. The van der Waals surface area contributed by atoms with Crippen molar-refractivity contribution in [3.05, 3.63) is 59.4 Å². The lowest BCUT2D eigenvalue weighted by atomic mass is 10.2. The van der Waals surface area contributed by atoms with E-state index in [-0.39, 0.29) is 16.6 Å².